The molecule has 6 nitrogen and oxygen atoms in total. The number of nitrogens with one attached hydrogen (secondary N) is 1. The fourth-order valence-corrected chi connectivity index (χ4v) is 3.97. The molecule has 3 fully saturated rings. The molecule has 0 unspecified atom stereocenters. The number of ether oxygens (including phenoxy) is 1. The molecule has 3 saturated heterocycles. The Balaban J connectivity index is 1.31. The number of piperidine rings is 1. The molecule has 27 heavy (non-hydrogen) atoms. The molecule has 1 N–H and O–H groups in total. The lowest BCUT2D eigenvalue weighted by Gasteiger charge is -2.46. The average Bonchev–Trinajstić information content (AvgIpc) is 2.59. The van der Waals surface area contributed by atoms with Crippen molar-refractivity contribution >= 4 is 11.9 Å². The van der Waals surface area contributed by atoms with Crippen LogP contribution in [0.25, 0.3) is 0 Å². The predicted octanol–water partition coefficient (Wildman–Crippen LogP) is 1.91. The molecule has 0 radical (unpaired) electrons. The van der Waals surface area contributed by atoms with Crippen molar-refractivity contribution in [3.8, 4) is 0 Å². The first-order valence-electron chi connectivity index (χ1n) is 9.24. The second-order valence-corrected chi connectivity index (χ2v) is 7.65. The number of urea groups is 1. The second-order valence-electron chi connectivity index (χ2n) is 7.65. The Morgan fingerprint density at radius 2 is 1.89 bits per heavy atom. The Bertz CT molecular complexity index is 729. The highest BCUT2D eigenvalue weighted by Gasteiger charge is 2.40. The van der Waals surface area contributed by atoms with Gasteiger partial charge in [0.1, 0.15) is 6.61 Å². The van der Waals surface area contributed by atoms with E-state index in [1.807, 2.05) is 0 Å². The predicted molar refractivity (Wildman–Crippen MR) is 93.6 cm³/mol. The SMILES string of the molecule is CC(F)(F)c1ccc(C2CN(C(=O)N3CC[C@@H]4OCC(=O)N[C@@H]4C3)C2)cc1. The number of benzene rings is 1. The summed E-state index contributed by atoms with van der Waals surface area (Å²) in [6, 6.07) is 6.16. The monoisotopic (exact) mass is 379 g/mol. The summed E-state index contributed by atoms with van der Waals surface area (Å²) in [7, 11) is 0. The standard InChI is InChI=1S/C19H23F2N3O3/c1-19(20,21)14-4-2-12(3-5-14)13-8-24(9-13)18(26)23-7-6-16-15(10-23)22-17(25)11-27-16/h2-5,13,15-16H,6-11H2,1H3,(H,22,25)/t15-,16+/m1/s1. The van der Waals surface area contributed by atoms with E-state index in [0.717, 1.165) is 12.5 Å². The Morgan fingerprint density at radius 3 is 2.56 bits per heavy atom. The van der Waals surface area contributed by atoms with Gasteiger partial charge < -0.3 is 19.9 Å². The van der Waals surface area contributed by atoms with Crippen molar-refractivity contribution in [1.29, 1.82) is 0 Å². The summed E-state index contributed by atoms with van der Waals surface area (Å²) in [4.78, 5) is 27.7. The molecule has 3 heterocycles. The first kappa shape index (κ1) is 18.2. The summed E-state index contributed by atoms with van der Waals surface area (Å²) >= 11 is 0. The normalized spacial score (nSPS) is 26.3. The minimum absolute atomic E-state index is 0.00174. The van der Waals surface area contributed by atoms with E-state index < -0.39 is 5.92 Å². The van der Waals surface area contributed by atoms with Gasteiger partial charge in [-0.25, -0.2) is 13.6 Å². The number of likely N-dealkylation sites (tertiary alicyclic amines) is 2. The average molecular weight is 379 g/mol. The van der Waals surface area contributed by atoms with Gasteiger partial charge in [0.25, 0.3) is 5.92 Å². The van der Waals surface area contributed by atoms with Gasteiger partial charge in [-0.1, -0.05) is 24.3 Å². The number of fused-ring (bicyclic) bond motifs is 1. The van der Waals surface area contributed by atoms with Gasteiger partial charge in [0.15, 0.2) is 0 Å². The Morgan fingerprint density at radius 1 is 1.19 bits per heavy atom. The fraction of sp³-hybridized carbons (Fsp3) is 0.579. The van der Waals surface area contributed by atoms with Crippen LogP contribution in [0.1, 0.15) is 30.4 Å². The minimum Gasteiger partial charge on any atom is -0.366 e. The Hall–Kier alpha value is -2.22. The number of morpholine rings is 1. The third-order valence-corrected chi connectivity index (χ3v) is 5.64. The topological polar surface area (TPSA) is 61.9 Å². The van der Waals surface area contributed by atoms with Crippen LogP contribution < -0.4 is 5.32 Å². The molecule has 0 aromatic heterocycles. The van der Waals surface area contributed by atoms with Crippen LogP contribution in [-0.4, -0.2) is 66.7 Å². The molecule has 3 aliphatic heterocycles. The number of nitrogens with zero attached hydrogens (tertiary/aromatic N) is 2. The molecule has 2 atom stereocenters. The first-order chi connectivity index (χ1) is 12.8. The van der Waals surface area contributed by atoms with Gasteiger partial charge >= 0.3 is 6.03 Å². The summed E-state index contributed by atoms with van der Waals surface area (Å²) in [6.45, 7) is 3.19. The lowest BCUT2D eigenvalue weighted by molar-refractivity contribution is -0.139. The Kier molecular flexibility index (Phi) is 4.53. The van der Waals surface area contributed by atoms with Crippen LogP contribution in [0.4, 0.5) is 13.6 Å². The third kappa shape index (κ3) is 3.63. The maximum atomic E-state index is 13.3. The van der Waals surface area contributed by atoms with Gasteiger partial charge in [-0.3, -0.25) is 4.79 Å². The van der Waals surface area contributed by atoms with Crippen molar-refractivity contribution in [1.82, 2.24) is 15.1 Å². The lowest BCUT2D eigenvalue weighted by Crippen LogP contribution is -2.63. The van der Waals surface area contributed by atoms with E-state index >= 15 is 0 Å². The zero-order valence-corrected chi connectivity index (χ0v) is 15.2. The quantitative estimate of drug-likeness (QED) is 0.854. The molecular weight excluding hydrogens is 356 g/mol. The molecule has 0 aliphatic carbocycles. The van der Waals surface area contributed by atoms with Crippen LogP contribution in [0, 0.1) is 0 Å². The summed E-state index contributed by atoms with van der Waals surface area (Å²) < 4.78 is 32.1. The van der Waals surface area contributed by atoms with Crippen molar-refractivity contribution in [2.75, 3.05) is 32.8 Å². The largest absolute Gasteiger partial charge is 0.366 e. The van der Waals surface area contributed by atoms with E-state index in [4.69, 9.17) is 4.74 Å². The molecule has 0 bridgehead atoms. The van der Waals surface area contributed by atoms with Crippen LogP contribution in [0.3, 0.4) is 0 Å². The van der Waals surface area contributed by atoms with Crippen molar-refractivity contribution in [2.24, 2.45) is 0 Å². The maximum absolute atomic E-state index is 13.3. The van der Waals surface area contributed by atoms with E-state index in [2.05, 4.69) is 5.32 Å². The molecular formula is C19H23F2N3O3. The molecule has 1 aromatic carbocycles. The van der Waals surface area contributed by atoms with Crippen LogP contribution in [0.2, 0.25) is 0 Å². The van der Waals surface area contributed by atoms with E-state index in [9.17, 15) is 18.4 Å². The summed E-state index contributed by atoms with van der Waals surface area (Å²) in [5.74, 6) is -2.82. The number of alkyl halides is 2. The second kappa shape index (κ2) is 6.74. The molecule has 1 aromatic rings. The van der Waals surface area contributed by atoms with Crippen LogP contribution in [0.5, 0.6) is 0 Å². The minimum atomic E-state index is -2.84. The van der Waals surface area contributed by atoms with Gasteiger partial charge in [0, 0.05) is 44.6 Å². The number of hydrogen-bond acceptors (Lipinski definition) is 3. The number of carbonyl (C=O) groups excluding carboxylic acids is 2. The fourth-order valence-electron chi connectivity index (χ4n) is 3.97. The highest BCUT2D eigenvalue weighted by Crippen LogP contribution is 2.32. The van der Waals surface area contributed by atoms with Crippen molar-refractivity contribution < 1.29 is 23.1 Å². The highest BCUT2D eigenvalue weighted by molar-refractivity contribution is 5.79. The summed E-state index contributed by atoms with van der Waals surface area (Å²) in [5.41, 5.74) is 0.969. The molecule has 8 heteroatoms. The van der Waals surface area contributed by atoms with Crippen molar-refractivity contribution in [2.45, 2.75) is 37.3 Å². The number of rotatable bonds is 2. The summed E-state index contributed by atoms with van der Waals surface area (Å²) in [6.07, 6.45) is 0.687. The zero-order valence-electron chi connectivity index (χ0n) is 15.2. The summed E-state index contributed by atoms with van der Waals surface area (Å²) in [5, 5.41) is 2.89. The van der Waals surface area contributed by atoms with Gasteiger partial charge in [-0.05, 0) is 12.0 Å². The van der Waals surface area contributed by atoms with Gasteiger partial charge in [0.2, 0.25) is 5.91 Å². The van der Waals surface area contributed by atoms with E-state index in [0.29, 0.717) is 32.6 Å². The van der Waals surface area contributed by atoms with E-state index in [1.54, 1.807) is 21.9 Å². The smallest absolute Gasteiger partial charge is 0.320 e. The van der Waals surface area contributed by atoms with E-state index in [1.165, 1.54) is 12.1 Å². The number of halogens is 2. The first-order valence-corrected chi connectivity index (χ1v) is 9.24. The molecule has 3 amide bonds. The van der Waals surface area contributed by atoms with Crippen LogP contribution in [-0.2, 0) is 15.5 Å². The highest BCUT2D eigenvalue weighted by atomic mass is 19.3. The van der Waals surface area contributed by atoms with E-state index in [-0.39, 0.29) is 42.2 Å². The van der Waals surface area contributed by atoms with Gasteiger partial charge in [0.05, 0.1) is 12.1 Å². The number of carbonyl (C=O) groups is 2. The van der Waals surface area contributed by atoms with Gasteiger partial charge in [-0.2, -0.15) is 0 Å². The molecule has 146 valence electrons. The van der Waals surface area contributed by atoms with Gasteiger partial charge in [-0.15, -0.1) is 0 Å². The molecule has 0 spiro atoms. The van der Waals surface area contributed by atoms with Crippen molar-refractivity contribution in [3.05, 3.63) is 35.4 Å². The van der Waals surface area contributed by atoms with Crippen molar-refractivity contribution in [3.63, 3.8) is 0 Å². The zero-order chi connectivity index (χ0) is 19.2. The van der Waals surface area contributed by atoms with Crippen LogP contribution in [0.15, 0.2) is 24.3 Å². The number of hydrogen-bond donors (Lipinski definition) is 1. The molecule has 0 saturated carbocycles. The third-order valence-electron chi connectivity index (χ3n) is 5.64. The lowest BCUT2D eigenvalue weighted by atomic mass is 9.90. The Labute approximate surface area is 156 Å². The molecule has 3 aliphatic rings. The molecule has 4 rings (SSSR count). The number of amides is 3. The maximum Gasteiger partial charge on any atom is 0.320 e. The van der Waals surface area contributed by atoms with Crippen LogP contribution >= 0.6 is 0 Å².